The van der Waals surface area contributed by atoms with E-state index in [2.05, 4.69) is 5.10 Å². The molecule has 0 spiro atoms. The molecule has 0 N–H and O–H groups in total. The summed E-state index contributed by atoms with van der Waals surface area (Å²) in [5, 5.41) is 13.4. The molecule has 6 heteroatoms. The smallest absolute Gasteiger partial charge is 0.285 e. The first-order valence-corrected chi connectivity index (χ1v) is 8.32. The molecule has 0 bridgehead atoms. The second-order valence-electron chi connectivity index (χ2n) is 6.44. The van der Waals surface area contributed by atoms with Gasteiger partial charge in [-0.05, 0) is 50.8 Å². The van der Waals surface area contributed by atoms with Crippen molar-refractivity contribution in [3.8, 4) is 6.07 Å². The summed E-state index contributed by atoms with van der Waals surface area (Å²) in [6, 6.07) is 9.81. The molecule has 0 radical (unpaired) electrons. The van der Waals surface area contributed by atoms with Crippen molar-refractivity contribution in [2.24, 2.45) is 0 Å². The topological polar surface area (TPSA) is 79.0 Å². The van der Waals surface area contributed by atoms with Crippen LogP contribution in [0.5, 0.6) is 0 Å². The normalized spacial score (nSPS) is 16.2. The Labute approximate surface area is 146 Å². The Bertz CT molecular complexity index is 939. The van der Waals surface area contributed by atoms with Crippen molar-refractivity contribution in [3.05, 3.63) is 57.0 Å². The lowest BCUT2D eigenvalue weighted by Gasteiger charge is -2.35. The number of nitriles is 1. The molecule has 0 aliphatic carbocycles. The Morgan fingerprint density at radius 1 is 1.36 bits per heavy atom. The molecule has 0 saturated heterocycles. The van der Waals surface area contributed by atoms with Gasteiger partial charge < -0.3 is 4.90 Å². The summed E-state index contributed by atoms with van der Waals surface area (Å²) in [7, 11) is 0. The number of anilines is 1. The highest BCUT2D eigenvalue weighted by molar-refractivity contribution is 5.95. The molecule has 1 aliphatic heterocycles. The number of fused-ring (bicyclic) bond motifs is 1. The van der Waals surface area contributed by atoms with Crippen LogP contribution in [0.3, 0.4) is 0 Å². The summed E-state index contributed by atoms with van der Waals surface area (Å²) in [4.78, 5) is 27.1. The zero-order valence-corrected chi connectivity index (χ0v) is 14.6. The van der Waals surface area contributed by atoms with Crippen molar-refractivity contribution in [2.45, 2.75) is 46.2 Å². The molecule has 0 saturated carbocycles. The van der Waals surface area contributed by atoms with E-state index in [4.69, 9.17) is 0 Å². The largest absolute Gasteiger partial charge is 0.308 e. The van der Waals surface area contributed by atoms with Crippen molar-refractivity contribution in [2.75, 3.05) is 4.90 Å². The molecule has 1 aliphatic rings. The van der Waals surface area contributed by atoms with Crippen molar-refractivity contribution < 1.29 is 4.79 Å². The minimum Gasteiger partial charge on any atom is -0.308 e. The highest BCUT2D eigenvalue weighted by Crippen LogP contribution is 2.30. The summed E-state index contributed by atoms with van der Waals surface area (Å²) in [6.45, 7) is 5.26. The number of aryl methyl sites for hydroxylation is 2. The average Bonchev–Trinajstić information content (AvgIpc) is 2.60. The standard InChI is InChI=1S/C19H20N4O2/c1-12-8-9-15-6-4-5-7-17(15)23(12)18(24)11-22-19(25)16(10-20)13(2)14(3)21-22/h4-7,12H,8-9,11H2,1-3H3. The van der Waals surface area contributed by atoms with Crippen molar-refractivity contribution >= 4 is 11.6 Å². The van der Waals surface area contributed by atoms with Gasteiger partial charge in [0.15, 0.2) is 0 Å². The van der Waals surface area contributed by atoms with Gasteiger partial charge in [0, 0.05) is 11.7 Å². The molecule has 6 nitrogen and oxygen atoms in total. The molecule has 25 heavy (non-hydrogen) atoms. The van der Waals surface area contributed by atoms with Crippen molar-refractivity contribution in [1.29, 1.82) is 5.26 Å². The number of rotatable bonds is 2. The Kier molecular flexibility index (Phi) is 4.41. The van der Waals surface area contributed by atoms with Gasteiger partial charge >= 0.3 is 0 Å². The Balaban J connectivity index is 1.98. The molecule has 1 unspecified atom stereocenters. The summed E-state index contributed by atoms with van der Waals surface area (Å²) in [5.41, 5.74) is 2.70. The summed E-state index contributed by atoms with van der Waals surface area (Å²) >= 11 is 0. The maximum atomic E-state index is 12.9. The number of aromatic nitrogens is 2. The summed E-state index contributed by atoms with van der Waals surface area (Å²) < 4.78 is 1.10. The fourth-order valence-corrected chi connectivity index (χ4v) is 3.28. The number of carbonyl (C=O) groups is 1. The fourth-order valence-electron chi connectivity index (χ4n) is 3.28. The second-order valence-corrected chi connectivity index (χ2v) is 6.44. The van der Waals surface area contributed by atoms with Crippen LogP contribution in [0.1, 0.15) is 35.7 Å². The minimum atomic E-state index is -0.517. The third-order valence-electron chi connectivity index (χ3n) is 4.83. The van der Waals surface area contributed by atoms with Gasteiger partial charge in [-0.2, -0.15) is 10.4 Å². The highest BCUT2D eigenvalue weighted by atomic mass is 16.2. The van der Waals surface area contributed by atoms with E-state index in [1.54, 1.807) is 18.7 Å². The first kappa shape index (κ1) is 16.9. The molecular weight excluding hydrogens is 316 g/mol. The maximum absolute atomic E-state index is 12.9. The summed E-state index contributed by atoms with van der Waals surface area (Å²) in [6.07, 6.45) is 1.81. The molecule has 1 amide bonds. The van der Waals surface area contributed by atoms with Gasteiger partial charge in [0.05, 0.1) is 5.69 Å². The number of nitrogens with zero attached hydrogens (tertiary/aromatic N) is 4. The minimum absolute atomic E-state index is 0.0485. The van der Waals surface area contributed by atoms with E-state index in [0.717, 1.165) is 28.8 Å². The summed E-state index contributed by atoms with van der Waals surface area (Å²) in [5.74, 6) is -0.193. The zero-order chi connectivity index (χ0) is 18.1. The Morgan fingerprint density at radius 2 is 2.08 bits per heavy atom. The lowest BCUT2D eigenvalue weighted by Crippen LogP contribution is -2.45. The number of amides is 1. The van der Waals surface area contributed by atoms with Gasteiger partial charge in [-0.25, -0.2) is 4.68 Å². The van der Waals surface area contributed by atoms with Crippen LogP contribution in [0.25, 0.3) is 0 Å². The van der Waals surface area contributed by atoms with Crippen LogP contribution in [0, 0.1) is 25.2 Å². The molecular formula is C19H20N4O2. The van der Waals surface area contributed by atoms with Crippen LogP contribution in [-0.4, -0.2) is 21.7 Å². The van der Waals surface area contributed by atoms with E-state index in [-0.39, 0.29) is 24.1 Å². The van der Waals surface area contributed by atoms with Crippen LogP contribution in [0.4, 0.5) is 5.69 Å². The number of para-hydroxylation sites is 1. The highest BCUT2D eigenvalue weighted by Gasteiger charge is 2.28. The Hall–Kier alpha value is -2.94. The second kappa shape index (κ2) is 6.52. The van der Waals surface area contributed by atoms with Gasteiger partial charge in [-0.15, -0.1) is 0 Å². The van der Waals surface area contributed by atoms with Crippen molar-refractivity contribution in [1.82, 2.24) is 9.78 Å². The quantitative estimate of drug-likeness (QED) is 0.841. The van der Waals surface area contributed by atoms with Crippen LogP contribution in [0.2, 0.25) is 0 Å². The van der Waals surface area contributed by atoms with Gasteiger partial charge in [-0.1, -0.05) is 18.2 Å². The third kappa shape index (κ3) is 2.93. The predicted molar refractivity (Wildman–Crippen MR) is 94.4 cm³/mol. The van der Waals surface area contributed by atoms with Crippen molar-refractivity contribution in [3.63, 3.8) is 0 Å². The van der Waals surface area contributed by atoms with E-state index in [1.165, 1.54) is 0 Å². The molecule has 128 valence electrons. The molecule has 1 aromatic heterocycles. The van der Waals surface area contributed by atoms with Gasteiger partial charge in [0.25, 0.3) is 5.56 Å². The first-order chi connectivity index (χ1) is 11.9. The molecule has 2 aromatic rings. The van der Waals surface area contributed by atoms with Crippen LogP contribution >= 0.6 is 0 Å². The lowest BCUT2D eigenvalue weighted by molar-refractivity contribution is -0.120. The molecule has 1 aromatic carbocycles. The SMILES string of the molecule is Cc1nn(CC(=O)N2c3ccccc3CCC2C)c(=O)c(C#N)c1C. The fraction of sp³-hybridized carbons (Fsp3) is 0.368. The van der Waals surface area contributed by atoms with Gasteiger partial charge in [-0.3, -0.25) is 9.59 Å². The predicted octanol–water partition coefficient (Wildman–Crippen LogP) is 2.10. The Morgan fingerprint density at radius 3 is 2.80 bits per heavy atom. The van der Waals surface area contributed by atoms with E-state index in [1.807, 2.05) is 37.3 Å². The number of benzene rings is 1. The van der Waals surface area contributed by atoms with E-state index < -0.39 is 5.56 Å². The number of carbonyl (C=O) groups excluding carboxylic acids is 1. The monoisotopic (exact) mass is 336 g/mol. The van der Waals surface area contributed by atoms with Crippen LogP contribution < -0.4 is 10.5 Å². The average molecular weight is 336 g/mol. The van der Waals surface area contributed by atoms with E-state index in [9.17, 15) is 14.9 Å². The first-order valence-electron chi connectivity index (χ1n) is 8.32. The van der Waals surface area contributed by atoms with Gasteiger partial charge in [0.1, 0.15) is 18.2 Å². The lowest BCUT2D eigenvalue weighted by atomic mass is 9.96. The molecule has 0 fully saturated rings. The van der Waals surface area contributed by atoms with Gasteiger partial charge in [0.2, 0.25) is 5.91 Å². The third-order valence-corrected chi connectivity index (χ3v) is 4.83. The zero-order valence-electron chi connectivity index (χ0n) is 14.6. The molecule has 1 atom stereocenters. The van der Waals surface area contributed by atoms with Crippen LogP contribution in [-0.2, 0) is 17.8 Å². The number of hydrogen-bond donors (Lipinski definition) is 0. The molecule has 3 rings (SSSR count). The maximum Gasteiger partial charge on any atom is 0.285 e. The number of hydrogen-bond acceptors (Lipinski definition) is 4. The molecule has 2 heterocycles. The van der Waals surface area contributed by atoms with E-state index >= 15 is 0 Å². The van der Waals surface area contributed by atoms with E-state index in [0.29, 0.717) is 11.3 Å². The van der Waals surface area contributed by atoms with Crippen LogP contribution in [0.15, 0.2) is 29.1 Å².